The summed E-state index contributed by atoms with van der Waals surface area (Å²) >= 11 is 15.1. The molecule has 0 N–H and O–H groups in total. The molecule has 0 spiro atoms. The zero-order valence-corrected chi connectivity index (χ0v) is 14.6. The van der Waals surface area contributed by atoms with Crippen molar-refractivity contribution in [2.75, 3.05) is 7.11 Å². The third kappa shape index (κ3) is 2.93. The van der Waals surface area contributed by atoms with Crippen LogP contribution in [0.1, 0.15) is 20.1 Å². The molecule has 0 saturated carbocycles. The summed E-state index contributed by atoms with van der Waals surface area (Å²) in [6.07, 6.45) is 0. The minimum absolute atomic E-state index is 0.0844. The van der Waals surface area contributed by atoms with E-state index in [1.807, 2.05) is 12.1 Å². The third-order valence-corrected chi connectivity index (χ3v) is 5.69. The van der Waals surface area contributed by atoms with Crippen molar-refractivity contribution in [3.05, 3.63) is 49.1 Å². The summed E-state index contributed by atoms with van der Waals surface area (Å²) < 4.78 is 6.32. The highest BCUT2D eigenvalue weighted by atomic mass is 79.9. The number of thiophene rings is 1. The number of hydrogen-bond donors (Lipinski definition) is 0. The van der Waals surface area contributed by atoms with Gasteiger partial charge < -0.3 is 4.74 Å². The van der Waals surface area contributed by atoms with E-state index in [-0.39, 0.29) is 4.83 Å². The van der Waals surface area contributed by atoms with Gasteiger partial charge in [0.25, 0.3) is 0 Å². The quantitative estimate of drug-likeness (QED) is 0.567. The molecule has 0 amide bonds. The van der Waals surface area contributed by atoms with Crippen LogP contribution < -0.4 is 4.74 Å². The van der Waals surface area contributed by atoms with E-state index in [0.29, 0.717) is 5.02 Å². The number of benzene rings is 1. The van der Waals surface area contributed by atoms with Crippen molar-refractivity contribution in [3.8, 4) is 5.75 Å². The molecule has 18 heavy (non-hydrogen) atoms. The highest BCUT2D eigenvalue weighted by Gasteiger charge is 2.19. The number of alkyl halides is 1. The van der Waals surface area contributed by atoms with Crippen LogP contribution in [0.15, 0.2) is 28.7 Å². The first-order valence-corrected chi connectivity index (χ1v) is 8.16. The number of ether oxygens (including phenoxy) is 1. The normalized spacial score (nSPS) is 12.5. The van der Waals surface area contributed by atoms with Gasteiger partial charge in [-0.15, -0.1) is 11.3 Å². The van der Waals surface area contributed by atoms with Crippen molar-refractivity contribution >= 4 is 54.8 Å². The van der Waals surface area contributed by atoms with Gasteiger partial charge in [-0.25, -0.2) is 0 Å². The van der Waals surface area contributed by atoms with Gasteiger partial charge in [0.05, 0.1) is 16.4 Å². The molecular weight excluding hydrogens is 399 g/mol. The summed E-state index contributed by atoms with van der Waals surface area (Å²) in [6.45, 7) is 2.10. The fourth-order valence-electron chi connectivity index (χ4n) is 1.73. The first kappa shape index (κ1) is 14.4. The summed E-state index contributed by atoms with van der Waals surface area (Å²) in [7, 11) is 1.66. The van der Waals surface area contributed by atoms with Crippen LogP contribution in [0.5, 0.6) is 5.75 Å². The second kappa shape index (κ2) is 5.95. The van der Waals surface area contributed by atoms with Gasteiger partial charge in [0, 0.05) is 20.3 Å². The van der Waals surface area contributed by atoms with Crippen LogP contribution in [-0.2, 0) is 0 Å². The number of halogens is 3. The molecule has 0 fully saturated rings. The van der Waals surface area contributed by atoms with Gasteiger partial charge in [-0.05, 0) is 47.1 Å². The Morgan fingerprint density at radius 1 is 1.33 bits per heavy atom. The SMILES string of the molecule is COc1c(Br)cc(Cl)cc1C(Br)c1ccc(C)s1. The Morgan fingerprint density at radius 2 is 2.06 bits per heavy atom. The molecule has 1 heterocycles. The van der Waals surface area contributed by atoms with Gasteiger partial charge in [-0.2, -0.15) is 0 Å². The Balaban J connectivity index is 2.49. The lowest BCUT2D eigenvalue weighted by Crippen LogP contribution is -1.96. The van der Waals surface area contributed by atoms with Gasteiger partial charge in [-0.1, -0.05) is 27.5 Å². The van der Waals surface area contributed by atoms with Gasteiger partial charge in [0.1, 0.15) is 5.75 Å². The summed E-state index contributed by atoms with van der Waals surface area (Å²) in [5.74, 6) is 0.812. The van der Waals surface area contributed by atoms with E-state index in [4.69, 9.17) is 16.3 Å². The molecule has 0 radical (unpaired) electrons. The van der Waals surface area contributed by atoms with Crippen molar-refractivity contribution in [1.82, 2.24) is 0 Å². The predicted octanol–water partition coefficient (Wildman–Crippen LogP) is 5.97. The maximum Gasteiger partial charge on any atom is 0.137 e. The van der Waals surface area contributed by atoms with E-state index in [2.05, 4.69) is 50.9 Å². The molecule has 0 aliphatic carbocycles. The van der Waals surface area contributed by atoms with Gasteiger partial charge in [0.15, 0.2) is 0 Å². The minimum atomic E-state index is 0.0844. The van der Waals surface area contributed by atoms with E-state index in [0.717, 1.165) is 15.8 Å². The maximum absolute atomic E-state index is 6.11. The molecule has 1 aromatic carbocycles. The average molecular weight is 411 g/mol. The summed E-state index contributed by atoms with van der Waals surface area (Å²) in [5.41, 5.74) is 1.03. The molecule has 0 aliphatic heterocycles. The van der Waals surface area contributed by atoms with Crippen LogP contribution in [0.25, 0.3) is 0 Å². The first-order chi connectivity index (χ1) is 8.52. The fourth-order valence-corrected chi connectivity index (χ4v) is 4.37. The monoisotopic (exact) mass is 408 g/mol. The van der Waals surface area contributed by atoms with Crippen LogP contribution in [0.3, 0.4) is 0 Å². The van der Waals surface area contributed by atoms with Crippen LogP contribution in [0.4, 0.5) is 0 Å². The van der Waals surface area contributed by atoms with Crippen molar-refractivity contribution in [2.24, 2.45) is 0 Å². The maximum atomic E-state index is 6.11. The van der Waals surface area contributed by atoms with Crippen molar-refractivity contribution < 1.29 is 4.74 Å². The van der Waals surface area contributed by atoms with Crippen LogP contribution in [-0.4, -0.2) is 7.11 Å². The second-order valence-corrected chi connectivity index (χ2v) is 7.35. The fraction of sp³-hybridized carbons (Fsp3) is 0.231. The van der Waals surface area contributed by atoms with Gasteiger partial charge in [-0.3, -0.25) is 0 Å². The topological polar surface area (TPSA) is 9.23 Å². The van der Waals surface area contributed by atoms with Crippen LogP contribution in [0, 0.1) is 6.92 Å². The van der Waals surface area contributed by atoms with Crippen molar-refractivity contribution in [3.63, 3.8) is 0 Å². The van der Waals surface area contributed by atoms with E-state index in [1.54, 1.807) is 18.4 Å². The molecule has 0 bridgehead atoms. The third-order valence-electron chi connectivity index (χ3n) is 2.53. The molecule has 1 nitrogen and oxygen atoms in total. The molecule has 1 atom stereocenters. The molecule has 96 valence electrons. The molecule has 1 unspecified atom stereocenters. The Hall–Kier alpha value is -0.0300. The predicted molar refractivity (Wildman–Crippen MR) is 85.5 cm³/mol. The minimum Gasteiger partial charge on any atom is -0.495 e. The van der Waals surface area contributed by atoms with E-state index >= 15 is 0 Å². The lowest BCUT2D eigenvalue weighted by atomic mass is 10.1. The van der Waals surface area contributed by atoms with Crippen molar-refractivity contribution in [2.45, 2.75) is 11.8 Å². The molecule has 2 aromatic rings. The Morgan fingerprint density at radius 3 is 2.61 bits per heavy atom. The number of aryl methyl sites for hydroxylation is 1. The second-order valence-electron chi connectivity index (χ2n) is 3.82. The summed E-state index contributed by atoms with van der Waals surface area (Å²) in [4.78, 5) is 2.61. The zero-order valence-electron chi connectivity index (χ0n) is 9.84. The summed E-state index contributed by atoms with van der Waals surface area (Å²) in [6, 6.07) is 8.00. The Kier molecular flexibility index (Phi) is 4.75. The molecule has 2 rings (SSSR count). The Labute approximate surface area is 132 Å². The standard InChI is InChI=1S/C13H11Br2ClOS/c1-7-3-4-11(18-7)12(15)9-5-8(16)6-10(14)13(9)17-2/h3-6,12H,1-2H3. The van der Waals surface area contributed by atoms with E-state index in [9.17, 15) is 0 Å². The summed E-state index contributed by atoms with van der Waals surface area (Å²) in [5, 5.41) is 0.690. The largest absolute Gasteiger partial charge is 0.495 e. The molecule has 5 heteroatoms. The molecule has 0 aliphatic rings. The van der Waals surface area contributed by atoms with Crippen molar-refractivity contribution in [1.29, 1.82) is 0 Å². The smallest absolute Gasteiger partial charge is 0.137 e. The van der Waals surface area contributed by atoms with E-state index < -0.39 is 0 Å². The zero-order chi connectivity index (χ0) is 13.3. The Bertz CT molecular complexity index is 568. The number of hydrogen-bond acceptors (Lipinski definition) is 2. The average Bonchev–Trinajstić information content (AvgIpc) is 2.74. The lowest BCUT2D eigenvalue weighted by Gasteiger charge is -2.15. The molecule has 0 saturated heterocycles. The highest BCUT2D eigenvalue weighted by molar-refractivity contribution is 9.10. The van der Waals surface area contributed by atoms with Gasteiger partial charge >= 0.3 is 0 Å². The van der Waals surface area contributed by atoms with Gasteiger partial charge in [0.2, 0.25) is 0 Å². The first-order valence-electron chi connectivity index (χ1n) is 5.26. The van der Waals surface area contributed by atoms with Crippen LogP contribution in [0.2, 0.25) is 5.02 Å². The molecular formula is C13H11Br2ClOS. The van der Waals surface area contributed by atoms with Crippen LogP contribution >= 0.6 is 54.8 Å². The number of rotatable bonds is 3. The highest BCUT2D eigenvalue weighted by Crippen LogP contribution is 2.43. The van der Waals surface area contributed by atoms with E-state index in [1.165, 1.54) is 9.75 Å². The lowest BCUT2D eigenvalue weighted by molar-refractivity contribution is 0.408. The number of methoxy groups -OCH3 is 1. The molecule has 1 aromatic heterocycles.